The van der Waals surface area contributed by atoms with E-state index in [1.54, 1.807) is 0 Å². The molecule has 2 aliphatic rings. The summed E-state index contributed by atoms with van der Waals surface area (Å²) in [6.45, 7) is 3.54. The molecule has 0 amide bonds. The summed E-state index contributed by atoms with van der Waals surface area (Å²) in [6, 6.07) is 1.16. The van der Waals surface area contributed by atoms with Crippen molar-refractivity contribution in [3.05, 3.63) is 0 Å². The molecule has 18 heavy (non-hydrogen) atoms. The van der Waals surface area contributed by atoms with Crippen molar-refractivity contribution in [2.75, 3.05) is 26.7 Å². The first kappa shape index (κ1) is 13.8. The molecule has 0 bridgehead atoms. The Labute approximate surface area is 110 Å². The van der Waals surface area contributed by atoms with E-state index in [9.17, 15) is 4.79 Å². The van der Waals surface area contributed by atoms with Crippen molar-refractivity contribution in [3.8, 4) is 0 Å². The molecular formula is C14H26N2O2. The molecule has 2 aliphatic heterocycles. The van der Waals surface area contributed by atoms with Crippen LogP contribution in [0.3, 0.4) is 0 Å². The number of aliphatic carboxylic acids is 1. The molecule has 4 heteroatoms. The van der Waals surface area contributed by atoms with Crippen LogP contribution in [0.5, 0.6) is 0 Å². The smallest absolute Gasteiger partial charge is 0.303 e. The maximum absolute atomic E-state index is 10.8. The van der Waals surface area contributed by atoms with Gasteiger partial charge in [0, 0.05) is 25.0 Å². The second-order valence-corrected chi connectivity index (χ2v) is 5.88. The second kappa shape index (κ2) is 6.53. The van der Waals surface area contributed by atoms with E-state index in [2.05, 4.69) is 16.8 Å². The Morgan fingerprint density at radius 3 is 2.78 bits per heavy atom. The lowest BCUT2D eigenvalue weighted by Gasteiger charge is -2.44. The molecule has 0 aromatic carbocycles. The van der Waals surface area contributed by atoms with Crippen LogP contribution >= 0.6 is 0 Å². The van der Waals surface area contributed by atoms with Crippen molar-refractivity contribution in [1.82, 2.24) is 9.80 Å². The number of carboxylic acids is 1. The average Bonchev–Trinajstić information content (AvgIpc) is 2.36. The third-order valence-electron chi connectivity index (χ3n) is 4.43. The van der Waals surface area contributed by atoms with Gasteiger partial charge in [-0.2, -0.15) is 0 Å². The second-order valence-electron chi connectivity index (χ2n) is 5.88. The minimum atomic E-state index is -0.652. The highest BCUT2D eigenvalue weighted by atomic mass is 16.4. The molecule has 2 saturated heterocycles. The molecule has 104 valence electrons. The highest BCUT2D eigenvalue weighted by molar-refractivity contribution is 5.66. The van der Waals surface area contributed by atoms with E-state index in [1.165, 1.54) is 45.2 Å². The summed E-state index contributed by atoms with van der Waals surface area (Å²) in [7, 11) is 2.20. The minimum absolute atomic E-state index is 0.323. The summed E-state index contributed by atoms with van der Waals surface area (Å²) in [5.41, 5.74) is 0. The van der Waals surface area contributed by atoms with Gasteiger partial charge < -0.3 is 10.0 Å². The van der Waals surface area contributed by atoms with Crippen LogP contribution in [0.1, 0.15) is 44.9 Å². The third-order valence-corrected chi connectivity index (χ3v) is 4.43. The third kappa shape index (κ3) is 3.69. The zero-order valence-corrected chi connectivity index (χ0v) is 11.5. The molecule has 0 aromatic heterocycles. The van der Waals surface area contributed by atoms with E-state index < -0.39 is 5.97 Å². The molecule has 0 saturated carbocycles. The largest absolute Gasteiger partial charge is 0.481 e. The molecule has 2 fully saturated rings. The maximum atomic E-state index is 10.8. The number of hydrogen-bond acceptors (Lipinski definition) is 3. The topological polar surface area (TPSA) is 43.8 Å². The van der Waals surface area contributed by atoms with E-state index in [0.29, 0.717) is 18.5 Å². The maximum Gasteiger partial charge on any atom is 0.303 e. The average molecular weight is 254 g/mol. The Kier molecular flexibility index (Phi) is 5.01. The van der Waals surface area contributed by atoms with Gasteiger partial charge in [0.2, 0.25) is 0 Å². The van der Waals surface area contributed by atoms with Crippen LogP contribution in [0.15, 0.2) is 0 Å². The van der Waals surface area contributed by atoms with Crippen molar-refractivity contribution in [3.63, 3.8) is 0 Å². The Bertz CT molecular complexity index is 283. The predicted molar refractivity (Wildman–Crippen MR) is 71.7 cm³/mol. The normalized spacial score (nSPS) is 31.4. The molecule has 2 unspecified atom stereocenters. The first-order valence-corrected chi connectivity index (χ1v) is 7.33. The molecule has 2 heterocycles. The van der Waals surface area contributed by atoms with E-state index in [0.717, 1.165) is 13.0 Å². The highest BCUT2D eigenvalue weighted by Gasteiger charge is 2.30. The SMILES string of the molecule is CN1CCCC(N2CCCCC2CCC(=O)O)C1. The molecule has 0 aliphatic carbocycles. The predicted octanol–water partition coefficient (Wildman–Crippen LogP) is 1.80. The number of nitrogens with zero attached hydrogens (tertiary/aromatic N) is 2. The first-order valence-electron chi connectivity index (χ1n) is 7.33. The molecule has 0 radical (unpaired) electrons. The van der Waals surface area contributed by atoms with Gasteiger partial charge in [0.05, 0.1) is 0 Å². The number of likely N-dealkylation sites (tertiary alicyclic amines) is 2. The zero-order chi connectivity index (χ0) is 13.0. The van der Waals surface area contributed by atoms with Crippen LogP contribution in [0, 0.1) is 0 Å². The van der Waals surface area contributed by atoms with Crippen molar-refractivity contribution in [2.45, 2.75) is 57.0 Å². The number of hydrogen-bond donors (Lipinski definition) is 1. The van der Waals surface area contributed by atoms with Crippen molar-refractivity contribution in [2.24, 2.45) is 0 Å². The first-order chi connectivity index (χ1) is 8.66. The summed E-state index contributed by atoms with van der Waals surface area (Å²) >= 11 is 0. The standard InChI is InChI=1S/C14H26N2O2/c1-15-9-4-6-13(11-15)16-10-3-2-5-12(16)7-8-14(17)18/h12-13H,2-11H2,1H3,(H,17,18). The lowest BCUT2D eigenvalue weighted by molar-refractivity contribution is -0.137. The van der Waals surface area contributed by atoms with E-state index >= 15 is 0 Å². The molecule has 1 N–H and O–H groups in total. The number of rotatable bonds is 4. The zero-order valence-electron chi connectivity index (χ0n) is 11.5. The van der Waals surface area contributed by atoms with Crippen molar-refractivity contribution in [1.29, 1.82) is 0 Å². The van der Waals surface area contributed by atoms with E-state index in [4.69, 9.17) is 5.11 Å². The van der Waals surface area contributed by atoms with Crippen LogP contribution in [0.2, 0.25) is 0 Å². The van der Waals surface area contributed by atoms with Crippen LogP contribution < -0.4 is 0 Å². The number of piperidine rings is 2. The number of carbonyl (C=O) groups is 1. The van der Waals surface area contributed by atoms with Gasteiger partial charge in [0.1, 0.15) is 0 Å². The highest BCUT2D eigenvalue weighted by Crippen LogP contribution is 2.26. The quantitative estimate of drug-likeness (QED) is 0.831. The number of likely N-dealkylation sites (N-methyl/N-ethyl adjacent to an activating group) is 1. The van der Waals surface area contributed by atoms with Gasteiger partial charge in [-0.1, -0.05) is 6.42 Å². The molecule has 2 atom stereocenters. The fourth-order valence-electron chi connectivity index (χ4n) is 3.51. The van der Waals surface area contributed by atoms with Crippen molar-refractivity contribution >= 4 is 5.97 Å². The van der Waals surface area contributed by atoms with Crippen LogP contribution in [-0.4, -0.2) is 59.6 Å². The number of carboxylic acid groups (broad SMARTS) is 1. The molecule has 0 aromatic rings. The summed E-state index contributed by atoms with van der Waals surface area (Å²) in [5.74, 6) is -0.652. The molecule has 4 nitrogen and oxygen atoms in total. The summed E-state index contributed by atoms with van der Waals surface area (Å²) in [4.78, 5) is 15.8. The van der Waals surface area contributed by atoms with Gasteiger partial charge in [-0.05, 0) is 52.2 Å². The fraction of sp³-hybridized carbons (Fsp3) is 0.929. The van der Waals surface area contributed by atoms with E-state index in [-0.39, 0.29) is 0 Å². The summed E-state index contributed by atoms with van der Waals surface area (Å²) in [5, 5.41) is 8.86. The van der Waals surface area contributed by atoms with E-state index in [1.807, 2.05) is 0 Å². The van der Waals surface area contributed by atoms with Crippen LogP contribution in [-0.2, 0) is 4.79 Å². The Hall–Kier alpha value is -0.610. The Morgan fingerprint density at radius 2 is 2.06 bits per heavy atom. The Balaban J connectivity index is 1.91. The fourth-order valence-corrected chi connectivity index (χ4v) is 3.51. The van der Waals surface area contributed by atoms with Crippen LogP contribution in [0.4, 0.5) is 0 Å². The minimum Gasteiger partial charge on any atom is -0.481 e. The Morgan fingerprint density at radius 1 is 1.22 bits per heavy atom. The van der Waals surface area contributed by atoms with Crippen molar-refractivity contribution < 1.29 is 9.90 Å². The van der Waals surface area contributed by atoms with Crippen LogP contribution in [0.25, 0.3) is 0 Å². The lowest BCUT2D eigenvalue weighted by atomic mass is 9.93. The molecular weight excluding hydrogens is 228 g/mol. The van der Waals surface area contributed by atoms with Gasteiger partial charge in [-0.3, -0.25) is 9.69 Å². The van der Waals surface area contributed by atoms with Gasteiger partial charge in [-0.15, -0.1) is 0 Å². The van der Waals surface area contributed by atoms with Gasteiger partial charge in [-0.25, -0.2) is 0 Å². The van der Waals surface area contributed by atoms with Gasteiger partial charge in [0.25, 0.3) is 0 Å². The summed E-state index contributed by atoms with van der Waals surface area (Å²) in [6.07, 6.45) is 7.46. The van der Waals surface area contributed by atoms with Gasteiger partial charge in [0.15, 0.2) is 0 Å². The van der Waals surface area contributed by atoms with Gasteiger partial charge >= 0.3 is 5.97 Å². The monoisotopic (exact) mass is 254 g/mol. The molecule has 0 spiro atoms. The summed E-state index contributed by atoms with van der Waals surface area (Å²) < 4.78 is 0. The molecule has 2 rings (SSSR count). The lowest BCUT2D eigenvalue weighted by Crippen LogP contribution is -2.52.